The van der Waals surface area contributed by atoms with E-state index in [1.807, 2.05) is 83.1 Å². The first-order valence-electron chi connectivity index (χ1n) is 35.7. The van der Waals surface area contributed by atoms with E-state index in [9.17, 15) is 28.8 Å². The maximum absolute atomic E-state index is 11.9. The summed E-state index contributed by atoms with van der Waals surface area (Å²) in [5, 5.41) is 28.7. The normalized spacial score (nSPS) is 16.4. The van der Waals surface area contributed by atoms with Crippen molar-refractivity contribution >= 4 is 147 Å². The second-order valence-electron chi connectivity index (χ2n) is 29.7. The molecule has 107 heavy (non-hydrogen) atoms. The van der Waals surface area contributed by atoms with Gasteiger partial charge in [0.05, 0.1) is 0 Å². The number of carbonyl (C=O) groups excluding carboxylic acids is 6. The molecular weight excluding hydrogens is 1600 g/mol. The average molecular weight is 1750 g/mol. The molecule has 13 N–H and O–H groups in total. The van der Waals surface area contributed by atoms with Crippen LogP contribution in [0.2, 0.25) is 0 Å². The van der Waals surface area contributed by atoms with E-state index in [1.54, 1.807) is 68.1 Å². The van der Waals surface area contributed by atoms with Crippen LogP contribution in [0, 0.1) is 5.41 Å². The molecule has 6 heterocycles. The second-order valence-corrected chi connectivity index (χ2v) is 33.7. The smallest absolute Gasteiger partial charge is 0.870 e. The van der Waals surface area contributed by atoms with E-state index >= 15 is 0 Å². The van der Waals surface area contributed by atoms with Crippen LogP contribution in [0.3, 0.4) is 0 Å². The van der Waals surface area contributed by atoms with Crippen LogP contribution >= 0.6 is 101 Å². The molecule has 0 spiro atoms. The number of nitrogens with two attached hydrogens (primary N) is 3. The molecule has 6 fully saturated rings. The van der Waals surface area contributed by atoms with Gasteiger partial charge in [0.2, 0.25) is 0 Å². The number of hydrogen-bond acceptors (Lipinski definition) is 27. The number of esters is 2. The Labute approximate surface area is 712 Å². The van der Waals surface area contributed by atoms with E-state index in [1.165, 1.54) is 24.9 Å². The molecule has 6 aliphatic rings. The largest absolute Gasteiger partial charge is 1.00 e. The van der Waals surface area contributed by atoms with Crippen molar-refractivity contribution in [1.82, 2.24) is 60.5 Å². The van der Waals surface area contributed by atoms with Crippen LogP contribution in [0.15, 0.2) is 0 Å². The van der Waals surface area contributed by atoms with Crippen LogP contribution < -0.4 is 68.0 Å². The molecule has 0 aromatic rings. The first-order valence-corrected chi connectivity index (χ1v) is 40.6. The quantitative estimate of drug-likeness (QED) is 0.0169. The zero-order chi connectivity index (χ0) is 80.8. The number of nitrogens with zero attached hydrogens (tertiary/aromatic N) is 8. The number of thioether (sulfide) groups is 1. The zero-order valence-corrected chi connectivity index (χ0v) is 77.9. The molecule has 0 aromatic carbocycles. The van der Waals surface area contributed by atoms with Crippen LogP contribution in [0.5, 0.6) is 0 Å². The molecule has 30 nitrogen and oxygen atoms in total. The summed E-state index contributed by atoms with van der Waals surface area (Å²) in [6, 6.07) is 0. The first kappa shape index (κ1) is 118. The van der Waals surface area contributed by atoms with Gasteiger partial charge in [-0.2, -0.15) is 25.3 Å². The number of piperazine rings is 6. The summed E-state index contributed by atoms with van der Waals surface area (Å²) in [4.78, 5) is 85.4. The molecule has 0 unspecified atom stereocenters. The minimum Gasteiger partial charge on any atom is -0.870 e. The molecule has 0 saturated carbocycles. The number of rotatable bonds is 10. The van der Waals surface area contributed by atoms with Crippen LogP contribution in [0.4, 0.5) is 19.2 Å². The summed E-state index contributed by atoms with van der Waals surface area (Å²) in [7, 11) is 0. The number of aliphatic hydroxyl groups excluding tert-OH is 1. The Morgan fingerprint density at radius 2 is 0.673 bits per heavy atom. The number of thiocarbonyl (C=S) groups is 1. The Hall–Kier alpha value is -1.82. The first-order chi connectivity index (χ1) is 48.1. The van der Waals surface area contributed by atoms with Gasteiger partial charge in [-0.25, -0.2) is 28.8 Å². The molecule has 0 atom stereocenters. The third kappa shape index (κ3) is 80.6. The van der Waals surface area contributed by atoms with Crippen molar-refractivity contribution < 1.29 is 98.8 Å². The van der Waals surface area contributed by atoms with E-state index < -0.39 is 39.9 Å². The van der Waals surface area contributed by atoms with Crippen molar-refractivity contribution in [3.8, 4) is 0 Å². The Kier molecular flexibility index (Phi) is 74.7. The molecule has 4 amide bonds. The van der Waals surface area contributed by atoms with E-state index in [0.29, 0.717) is 24.8 Å². The van der Waals surface area contributed by atoms with Gasteiger partial charge in [0.25, 0.3) is 0 Å². The molecule has 6 rings (SSSR count). The predicted molar refractivity (Wildman–Crippen MR) is 451 cm³/mol. The summed E-state index contributed by atoms with van der Waals surface area (Å²) >= 11 is 27.7. The fraction of sp³-hybridized carbons (Fsp3) is 0.882. The topological polar surface area (TPSA) is 384 Å². The van der Waals surface area contributed by atoms with Gasteiger partial charge in [-0.05, 0) is 144 Å². The molecule has 39 heteroatoms. The second kappa shape index (κ2) is 67.5. The number of carbonyl (C=O) groups is 6. The summed E-state index contributed by atoms with van der Waals surface area (Å²) in [5.74, 6) is 2.13. The van der Waals surface area contributed by atoms with Gasteiger partial charge in [-0.1, -0.05) is 27.7 Å². The minimum atomic E-state index is -0.951. The number of aliphatic hydroxyl groups is 1. The predicted octanol–water partition coefficient (Wildman–Crippen LogP) is 4.08. The number of amides is 4. The molecular formula is C68H144BrCl3N16NaO14S4+. The van der Waals surface area contributed by atoms with Crippen LogP contribution in [-0.2, 0) is 38.0 Å². The SMILES string of the molecule is C1CNCCN1.CC(C)(C)OC(=O)C(=O)OC(C)(C)C.CC(C)(C)OC(=O)N1CCN(CCCl)CC1.CC(C)(C)OC(=O)N1CCN(CCS)CC1.CC(C)(C)OC(=O)N1CCN(CCSC(=N)N)CC1.CC(C)(C)OC(=O)N1CCNCC1.CCO.Cl.ClCCBr.NC(N)=S.SCCN1CCNCC1.[H+].[Na+].[OH-]. The molecule has 0 aliphatic carbocycles. The van der Waals surface area contributed by atoms with Crippen molar-refractivity contribution in [2.75, 3.05) is 224 Å². The number of alkyl halides is 3. The van der Waals surface area contributed by atoms with Crippen LogP contribution in [0.25, 0.3) is 0 Å². The number of halogens is 4. The third-order valence-corrected chi connectivity index (χ3v) is 15.3. The van der Waals surface area contributed by atoms with E-state index in [0.717, 1.165) is 180 Å². The van der Waals surface area contributed by atoms with Gasteiger partial charge in [-0.3, -0.25) is 20.1 Å². The maximum atomic E-state index is 11.9. The summed E-state index contributed by atoms with van der Waals surface area (Å²) in [6.45, 7) is 60.7. The fourth-order valence-corrected chi connectivity index (χ4v) is 9.85. The number of hydrogen-bond donors (Lipinski definition) is 11. The number of thiol groups is 2. The molecule has 6 saturated heterocycles. The van der Waals surface area contributed by atoms with Gasteiger partial charge in [0.15, 0.2) is 10.3 Å². The Morgan fingerprint density at radius 1 is 0.458 bits per heavy atom. The number of nitrogens with one attached hydrogen (secondary N) is 5. The fourth-order valence-electron chi connectivity index (χ4n) is 8.48. The summed E-state index contributed by atoms with van der Waals surface area (Å²) < 4.78 is 30.9. The van der Waals surface area contributed by atoms with Crippen molar-refractivity contribution in [3.05, 3.63) is 0 Å². The molecule has 0 aromatic heterocycles. The van der Waals surface area contributed by atoms with Crippen molar-refractivity contribution in [1.29, 1.82) is 5.41 Å². The van der Waals surface area contributed by atoms with Crippen molar-refractivity contribution in [3.63, 3.8) is 0 Å². The maximum Gasteiger partial charge on any atom is 1.00 e. The Balaban J connectivity index is -0.000000177. The van der Waals surface area contributed by atoms with Gasteiger partial charge in [0.1, 0.15) is 33.6 Å². The molecule has 632 valence electrons. The third-order valence-electron chi connectivity index (χ3n) is 12.9. The van der Waals surface area contributed by atoms with Gasteiger partial charge in [0, 0.05) is 224 Å². The summed E-state index contributed by atoms with van der Waals surface area (Å²) in [6.07, 6.45) is -0.838. The van der Waals surface area contributed by atoms with E-state index in [2.05, 4.69) is 106 Å². The zero-order valence-electron chi connectivity index (χ0n) is 69.6. The minimum absolute atomic E-state index is 0. The monoisotopic (exact) mass is 1740 g/mol. The van der Waals surface area contributed by atoms with Crippen molar-refractivity contribution in [2.45, 2.75) is 165 Å². The van der Waals surface area contributed by atoms with Crippen LogP contribution in [-0.4, -0.2) is 354 Å². The van der Waals surface area contributed by atoms with E-state index in [4.69, 9.17) is 67.9 Å². The van der Waals surface area contributed by atoms with Gasteiger partial charge >= 0.3 is 67.3 Å². The van der Waals surface area contributed by atoms with Crippen molar-refractivity contribution in [2.24, 2.45) is 17.2 Å². The van der Waals surface area contributed by atoms with Gasteiger partial charge < -0.3 is 102 Å². The molecule has 6 aliphatic heterocycles. The average Bonchev–Trinajstić information content (AvgIpc) is 0.893. The number of ether oxygens (including phenoxy) is 6. The molecule has 0 radical (unpaired) electrons. The Morgan fingerprint density at radius 3 is 0.888 bits per heavy atom. The van der Waals surface area contributed by atoms with Gasteiger partial charge in [-0.15, -0.1) is 35.6 Å². The summed E-state index contributed by atoms with van der Waals surface area (Å²) in [5.41, 5.74) is 11.5. The van der Waals surface area contributed by atoms with E-state index in [-0.39, 0.29) is 95.7 Å². The number of amidine groups is 1. The van der Waals surface area contributed by atoms with Crippen LogP contribution in [0.1, 0.15) is 133 Å². The Bertz CT molecular complexity index is 2200. The standard InChI is InChI=1S/C12H24N4O2S.C11H21ClN2O2.C11H22N2O2S.C10H18O4.C9H18N2O2.C6H14N2S.C4H10N2.C2H4BrCl.C2H6O.CH4N2S.ClH.Na.H2O/c1-12(2,3)18-11(17)16-6-4-15(5-7-16)8-9-19-10(13)14;1-11(2,3)16-10(15)14-8-6-13(5-4-12)7-9-14;1-11(2,3)15-10(14)13-6-4-12(5-7-13)8-9-16;1-9(2,3)13-7(11)8(12)14-10(4,5)6;1-9(2,3)13-8(12)11-6-4-10-5-7-11;9-6-5-8-3-1-7-2-4-8;1-2-6-4-3-5-1;3-1-2-4;1-2-3;2-1(3)4;;;/h4-9H2,1-3H3,(H3,13,14);4-9H2,1-3H3;16H,4-9H2,1-3H3;1-6H3;10H,4-7H2,1-3H3;7,9H,1-6H2;5-6H,1-4H2;1-2H2;3H,2H2,1H3;(H4,2,3,4);1H;;1H2/q;;;;;;;;;;;+1;. The molecule has 0 bridgehead atoms.